The van der Waals surface area contributed by atoms with Crippen LogP contribution in [0, 0.1) is 0 Å². The molecule has 3 aromatic carbocycles. The number of hydrogen-bond acceptors (Lipinski definition) is 15. The van der Waals surface area contributed by atoms with Crippen LogP contribution in [0.2, 0.25) is 0 Å². The van der Waals surface area contributed by atoms with Crippen molar-refractivity contribution in [1.29, 1.82) is 0 Å². The van der Waals surface area contributed by atoms with E-state index in [-0.39, 0.29) is 22.9 Å². The first-order valence-corrected chi connectivity index (χ1v) is 14.7. The smallest absolute Gasteiger partial charge is 0.340 e. The van der Waals surface area contributed by atoms with Crippen LogP contribution >= 0.6 is 0 Å². The van der Waals surface area contributed by atoms with Crippen LogP contribution in [0.25, 0.3) is 0 Å². The van der Waals surface area contributed by atoms with Crippen molar-refractivity contribution in [2.75, 3.05) is 37.1 Å². The van der Waals surface area contributed by atoms with E-state index in [4.69, 9.17) is 19.7 Å². The summed E-state index contributed by atoms with van der Waals surface area (Å²) in [7, 11) is 2.82. The molecule has 15 nitrogen and oxygen atoms in total. The highest BCUT2D eigenvalue weighted by atomic mass is 16.6. The topological polar surface area (TPSA) is 244 Å². The average Bonchev–Trinajstić information content (AvgIpc) is 3.39. The van der Waals surface area contributed by atoms with Crippen molar-refractivity contribution in [2.45, 2.75) is 54.7 Å². The number of anilines is 2. The van der Waals surface area contributed by atoms with Crippen LogP contribution in [-0.4, -0.2) is 133 Å². The van der Waals surface area contributed by atoms with Gasteiger partial charge < -0.3 is 70.3 Å². The Kier molecular flexibility index (Phi) is 9.77. The van der Waals surface area contributed by atoms with Gasteiger partial charge in [-0.05, 0) is 30.3 Å². The molecule has 8 unspecified atom stereocenters. The summed E-state index contributed by atoms with van der Waals surface area (Å²) in [5, 5.41) is 100. The van der Waals surface area contributed by atoms with E-state index in [1.54, 1.807) is 48.5 Å². The van der Waals surface area contributed by atoms with Gasteiger partial charge in [-0.25, -0.2) is 4.79 Å². The number of aliphatic hydroxyl groups is 10. The van der Waals surface area contributed by atoms with E-state index in [1.807, 2.05) is 0 Å². The molecule has 2 aliphatic rings. The van der Waals surface area contributed by atoms with E-state index in [2.05, 4.69) is 0 Å². The molecule has 2 heterocycles. The number of likely N-dealkylation sites (N-methyl/N-ethyl adjacent to an activating group) is 2. The Morgan fingerprint density at radius 1 is 0.638 bits per heavy atom. The molecule has 0 saturated heterocycles. The van der Waals surface area contributed by atoms with Crippen molar-refractivity contribution < 1.29 is 65.3 Å². The first-order valence-electron chi connectivity index (χ1n) is 14.7. The highest BCUT2D eigenvalue weighted by Crippen LogP contribution is 2.57. The number of fused-ring (bicyclic) bond motifs is 6. The lowest BCUT2D eigenvalue weighted by Crippen LogP contribution is -2.52. The maximum atomic E-state index is 13.2. The summed E-state index contributed by atoms with van der Waals surface area (Å²) < 4.78 is 12.4. The largest absolute Gasteiger partial charge is 0.456 e. The minimum Gasteiger partial charge on any atom is -0.456 e. The Labute approximate surface area is 268 Å². The monoisotopic (exact) mass is 658 g/mol. The zero-order chi connectivity index (χ0) is 34.4. The summed E-state index contributed by atoms with van der Waals surface area (Å²) in [6, 6.07) is 16.2. The summed E-state index contributed by atoms with van der Waals surface area (Å²) in [5.74, 6) is -0.247. The van der Waals surface area contributed by atoms with Crippen molar-refractivity contribution in [3.8, 4) is 11.5 Å². The molecule has 5 rings (SSSR count). The molecule has 0 aromatic heterocycles. The molecule has 0 bridgehead atoms. The summed E-state index contributed by atoms with van der Waals surface area (Å²) in [5.41, 5.74) is 0.739. The summed E-state index contributed by atoms with van der Waals surface area (Å²) in [6.07, 6.45) is -14.4. The van der Waals surface area contributed by atoms with E-state index in [1.165, 1.54) is 36.0 Å². The Balaban J connectivity index is 1.57. The second kappa shape index (κ2) is 13.3. The van der Waals surface area contributed by atoms with Gasteiger partial charge in [-0.2, -0.15) is 0 Å². The number of carbonyl (C=O) groups excluding carboxylic acids is 1. The fraction of sp³-hybridized carbons (Fsp3) is 0.406. The second-order valence-electron chi connectivity index (χ2n) is 11.6. The molecule has 2 aliphatic heterocycles. The van der Waals surface area contributed by atoms with Gasteiger partial charge in [-0.15, -0.1) is 0 Å². The third kappa shape index (κ3) is 5.80. The fourth-order valence-corrected chi connectivity index (χ4v) is 5.88. The number of hydrogen-bond donors (Lipinski definition) is 10. The Hall–Kier alpha value is -3.87. The molecular formula is C32H38N2O13. The van der Waals surface area contributed by atoms with Crippen molar-refractivity contribution in [3.05, 3.63) is 82.9 Å². The normalized spacial score (nSPS) is 21.6. The van der Waals surface area contributed by atoms with E-state index in [9.17, 15) is 45.6 Å². The van der Waals surface area contributed by atoms with Crippen molar-refractivity contribution in [3.63, 3.8) is 0 Å². The molecule has 8 atom stereocenters. The third-order valence-corrected chi connectivity index (χ3v) is 8.76. The molecule has 0 fully saturated rings. The number of carbonyl (C=O) groups is 1. The molecule has 3 aromatic rings. The van der Waals surface area contributed by atoms with Crippen LogP contribution in [0.3, 0.4) is 0 Å². The molecule has 15 heteroatoms. The number of aliphatic hydroxyl groups excluding tert-OH is 10. The predicted octanol–water partition coefficient (Wildman–Crippen LogP) is -2.09. The van der Waals surface area contributed by atoms with E-state index in [0.717, 1.165) is 0 Å². The second-order valence-corrected chi connectivity index (χ2v) is 11.6. The van der Waals surface area contributed by atoms with Crippen LogP contribution in [0.1, 0.15) is 27.0 Å². The average molecular weight is 659 g/mol. The van der Waals surface area contributed by atoms with Gasteiger partial charge in [0.25, 0.3) is 0 Å². The Morgan fingerprint density at radius 2 is 1.09 bits per heavy atom. The quantitative estimate of drug-likeness (QED) is 0.0741. The molecule has 254 valence electrons. The highest BCUT2D eigenvalue weighted by molar-refractivity contribution is 5.97. The lowest BCUT2D eigenvalue weighted by atomic mass is 9.77. The van der Waals surface area contributed by atoms with Crippen molar-refractivity contribution in [1.82, 2.24) is 0 Å². The maximum absolute atomic E-state index is 13.2. The number of benzene rings is 3. The molecular weight excluding hydrogens is 620 g/mol. The van der Waals surface area contributed by atoms with Gasteiger partial charge in [-0.1, -0.05) is 18.2 Å². The molecule has 0 amide bonds. The van der Waals surface area contributed by atoms with Gasteiger partial charge in [0, 0.05) is 54.3 Å². The maximum Gasteiger partial charge on any atom is 0.340 e. The minimum atomic E-state index is -1.88. The molecule has 0 radical (unpaired) electrons. The number of esters is 1. The van der Waals surface area contributed by atoms with Gasteiger partial charge >= 0.3 is 5.97 Å². The summed E-state index contributed by atoms with van der Waals surface area (Å²) in [6.45, 7) is -1.69. The molecule has 10 N–H and O–H groups in total. The van der Waals surface area contributed by atoms with Gasteiger partial charge in [-0.3, -0.25) is 0 Å². The predicted molar refractivity (Wildman–Crippen MR) is 164 cm³/mol. The highest BCUT2D eigenvalue weighted by Gasteiger charge is 2.53. The van der Waals surface area contributed by atoms with Crippen molar-refractivity contribution >= 4 is 17.3 Å². The number of ether oxygens (including phenoxy) is 2. The molecule has 0 aliphatic carbocycles. The van der Waals surface area contributed by atoms with Gasteiger partial charge in [0.1, 0.15) is 48.1 Å². The molecule has 1 spiro atoms. The lowest BCUT2D eigenvalue weighted by molar-refractivity contribution is -0.114. The SMILES string of the molecule is CN(c1ccc2c(c1)Oc1cc(N(C)C(O)C(O)C(O)C(O)CO)ccc1C21OC(=O)c2ccccc21)C(O)C(O)C(O)C(O)CO. The lowest BCUT2D eigenvalue weighted by Gasteiger charge is -2.38. The third-order valence-electron chi connectivity index (χ3n) is 8.76. The van der Waals surface area contributed by atoms with Crippen LogP contribution in [0.15, 0.2) is 60.7 Å². The Morgan fingerprint density at radius 3 is 1.53 bits per heavy atom. The zero-order valence-corrected chi connectivity index (χ0v) is 25.4. The summed E-state index contributed by atoms with van der Waals surface area (Å²) >= 11 is 0. The fourth-order valence-electron chi connectivity index (χ4n) is 5.88. The van der Waals surface area contributed by atoms with E-state index in [0.29, 0.717) is 22.3 Å². The van der Waals surface area contributed by atoms with Gasteiger partial charge in [0.15, 0.2) is 18.1 Å². The zero-order valence-electron chi connectivity index (χ0n) is 25.4. The standard InChI is InChI=1S/C32H38N2O13/c1-33(29(43)27(41)25(39)21(37)13-35)15-7-9-19-23(11-15)46-24-12-16(34(2)30(44)28(42)26(40)22(38)14-36)8-10-20(24)32(19)18-6-4-3-5-17(18)31(45)47-32/h3-12,21-22,25-30,35-44H,13-14H2,1-2H3. The summed E-state index contributed by atoms with van der Waals surface area (Å²) in [4.78, 5) is 15.6. The van der Waals surface area contributed by atoms with Crippen LogP contribution < -0.4 is 14.5 Å². The Bertz CT molecular complexity index is 1520. The van der Waals surface area contributed by atoms with E-state index < -0.39 is 73.9 Å². The van der Waals surface area contributed by atoms with Gasteiger partial charge in [0.05, 0.1) is 18.8 Å². The molecule has 47 heavy (non-hydrogen) atoms. The van der Waals surface area contributed by atoms with Gasteiger partial charge in [0.2, 0.25) is 0 Å². The van der Waals surface area contributed by atoms with Crippen LogP contribution in [0.4, 0.5) is 11.4 Å². The van der Waals surface area contributed by atoms with Crippen LogP contribution in [0.5, 0.6) is 11.5 Å². The van der Waals surface area contributed by atoms with Crippen molar-refractivity contribution in [2.24, 2.45) is 0 Å². The number of nitrogens with zero attached hydrogens (tertiary/aromatic N) is 2. The minimum absolute atomic E-state index is 0.172. The van der Waals surface area contributed by atoms with Crippen LogP contribution in [-0.2, 0) is 10.3 Å². The first-order chi connectivity index (χ1) is 22.3. The number of rotatable bonds is 12. The molecule has 0 saturated carbocycles. The van der Waals surface area contributed by atoms with E-state index >= 15 is 0 Å². The first kappa shape index (κ1) is 34.5.